The molecule has 1 fully saturated rings. The minimum Gasteiger partial charge on any atom is -0.493 e. The maximum Gasteiger partial charge on any atom is 0.329 e. The lowest BCUT2D eigenvalue weighted by Crippen LogP contribution is -2.30. The van der Waals surface area contributed by atoms with E-state index < -0.39 is 11.9 Å². The van der Waals surface area contributed by atoms with Crippen molar-refractivity contribution in [1.29, 1.82) is 0 Å². The fraction of sp³-hybridized carbons (Fsp3) is 0.154. The molecule has 1 N–H and O–H groups in total. The molecular formula is C26H22BrClN2O4. The Morgan fingerprint density at radius 2 is 1.85 bits per heavy atom. The number of carbonyl (C=O) groups excluding carboxylic acids is 2. The van der Waals surface area contributed by atoms with E-state index in [0.717, 1.165) is 16.7 Å². The predicted molar refractivity (Wildman–Crippen MR) is 135 cm³/mol. The van der Waals surface area contributed by atoms with E-state index in [1.54, 1.807) is 24.3 Å². The number of hydrogen-bond donors (Lipinski definition) is 1. The number of urea groups is 1. The summed E-state index contributed by atoms with van der Waals surface area (Å²) in [6.07, 6.45) is 1.61. The third-order valence-electron chi connectivity index (χ3n) is 5.31. The molecule has 0 unspecified atom stereocenters. The van der Waals surface area contributed by atoms with E-state index in [-0.39, 0.29) is 18.8 Å². The van der Waals surface area contributed by atoms with Gasteiger partial charge in [-0.15, -0.1) is 0 Å². The Morgan fingerprint density at radius 1 is 1.06 bits per heavy atom. The molecule has 3 aromatic carbocycles. The van der Waals surface area contributed by atoms with Crippen molar-refractivity contribution in [3.8, 4) is 11.5 Å². The number of methoxy groups -OCH3 is 1. The molecule has 8 heteroatoms. The molecule has 0 radical (unpaired) electrons. The minimum atomic E-state index is -0.458. The highest BCUT2D eigenvalue weighted by molar-refractivity contribution is 9.10. The fourth-order valence-corrected chi connectivity index (χ4v) is 4.20. The number of ether oxygens (including phenoxy) is 2. The van der Waals surface area contributed by atoms with Crippen molar-refractivity contribution >= 4 is 45.5 Å². The van der Waals surface area contributed by atoms with Crippen LogP contribution in [0.1, 0.15) is 22.3 Å². The van der Waals surface area contributed by atoms with Crippen LogP contribution in [0.2, 0.25) is 5.02 Å². The van der Waals surface area contributed by atoms with Crippen LogP contribution in [-0.4, -0.2) is 23.9 Å². The van der Waals surface area contributed by atoms with E-state index in [1.807, 2.05) is 49.4 Å². The summed E-state index contributed by atoms with van der Waals surface area (Å²) < 4.78 is 12.1. The van der Waals surface area contributed by atoms with Gasteiger partial charge in [0.1, 0.15) is 12.3 Å². The molecule has 0 aromatic heterocycles. The topological polar surface area (TPSA) is 67.9 Å². The van der Waals surface area contributed by atoms with Crippen molar-refractivity contribution < 1.29 is 19.1 Å². The molecule has 1 aliphatic heterocycles. The van der Waals surface area contributed by atoms with Crippen molar-refractivity contribution in [2.75, 3.05) is 7.11 Å². The number of benzene rings is 3. The Labute approximate surface area is 211 Å². The molecule has 0 atom stereocenters. The van der Waals surface area contributed by atoms with Crippen LogP contribution in [0.4, 0.5) is 4.79 Å². The smallest absolute Gasteiger partial charge is 0.329 e. The van der Waals surface area contributed by atoms with E-state index in [2.05, 4.69) is 21.2 Å². The highest BCUT2D eigenvalue weighted by Gasteiger charge is 2.33. The van der Waals surface area contributed by atoms with Crippen molar-refractivity contribution in [1.82, 2.24) is 10.2 Å². The first kappa shape index (κ1) is 23.9. The lowest BCUT2D eigenvalue weighted by molar-refractivity contribution is -0.123. The van der Waals surface area contributed by atoms with Crippen molar-refractivity contribution in [2.24, 2.45) is 0 Å². The third kappa shape index (κ3) is 5.26. The molecule has 0 saturated carbocycles. The second-order valence-electron chi connectivity index (χ2n) is 7.77. The van der Waals surface area contributed by atoms with E-state index in [4.69, 9.17) is 21.1 Å². The Morgan fingerprint density at radius 3 is 2.59 bits per heavy atom. The van der Waals surface area contributed by atoms with Crippen molar-refractivity contribution in [3.63, 3.8) is 0 Å². The van der Waals surface area contributed by atoms with E-state index in [0.29, 0.717) is 26.6 Å². The number of halogens is 2. The Balaban J connectivity index is 1.54. The summed E-state index contributed by atoms with van der Waals surface area (Å²) in [7, 11) is 1.54. The van der Waals surface area contributed by atoms with Crippen LogP contribution >= 0.6 is 27.5 Å². The molecule has 174 valence electrons. The number of hydrogen-bond acceptors (Lipinski definition) is 4. The molecule has 0 aliphatic carbocycles. The van der Waals surface area contributed by atoms with E-state index in [1.165, 1.54) is 12.0 Å². The second-order valence-corrected chi connectivity index (χ2v) is 9.03. The standard InChI is InChI=1S/C26H22BrClN2O4/c1-16-6-5-7-17(10-16)14-30-25(31)22(29-26(30)32)11-19-12-23(33-2)24(13-20(19)27)34-15-18-8-3-4-9-21(18)28/h3-13H,14-15H2,1-2H3,(H,29,32)/b22-11+. The van der Waals surface area contributed by atoms with Gasteiger partial charge < -0.3 is 14.8 Å². The second kappa shape index (κ2) is 10.3. The predicted octanol–water partition coefficient (Wildman–Crippen LogP) is 6.09. The first-order chi connectivity index (χ1) is 16.4. The Kier molecular flexibility index (Phi) is 7.24. The van der Waals surface area contributed by atoms with Crippen molar-refractivity contribution in [3.05, 3.63) is 98.1 Å². The summed E-state index contributed by atoms with van der Waals surface area (Å²) in [5, 5.41) is 3.28. The van der Waals surface area contributed by atoms with Gasteiger partial charge in [0, 0.05) is 15.1 Å². The highest BCUT2D eigenvalue weighted by atomic mass is 79.9. The van der Waals surface area contributed by atoms with Crippen LogP contribution < -0.4 is 14.8 Å². The van der Waals surface area contributed by atoms with E-state index >= 15 is 0 Å². The minimum absolute atomic E-state index is 0.185. The van der Waals surface area contributed by atoms with Crippen LogP contribution in [0.3, 0.4) is 0 Å². The number of aryl methyl sites for hydroxylation is 1. The van der Waals surface area contributed by atoms with Gasteiger partial charge in [0.2, 0.25) is 0 Å². The summed E-state index contributed by atoms with van der Waals surface area (Å²) in [5.74, 6) is 0.603. The quantitative estimate of drug-likeness (QED) is 0.290. The van der Waals surface area contributed by atoms with Gasteiger partial charge in [-0.2, -0.15) is 0 Å². The largest absolute Gasteiger partial charge is 0.493 e. The van der Waals surface area contributed by atoms with Gasteiger partial charge in [-0.3, -0.25) is 9.69 Å². The lowest BCUT2D eigenvalue weighted by atomic mass is 10.1. The van der Waals surface area contributed by atoms with Gasteiger partial charge in [-0.05, 0) is 42.3 Å². The van der Waals surface area contributed by atoms with Crippen LogP contribution in [-0.2, 0) is 17.9 Å². The number of nitrogens with one attached hydrogen (secondary N) is 1. The van der Waals surface area contributed by atoms with E-state index in [9.17, 15) is 9.59 Å². The monoisotopic (exact) mass is 540 g/mol. The maximum atomic E-state index is 12.9. The molecule has 1 heterocycles. The Bertz CT molecular complexity index is 1290. The van der Waals surface area contributed by atoms with Gasteiger partial charge in [0.05, 0.1) is 13.7 Å². The van der Waals surface area contributed by atoms with Gasteiger partial charge in [-0.25, -0.2) is 4.79 Å². The number of rotatable bonds is 7. The molecule has 0 bridgehead atoms. The molecule has 1 saturated heterocycles. The molecule has 1 aliphatic rings. The van der Waals surface area contributed by atoms with Gasteiger partial charge in [0.15, 0.2) is 11.5 Å². The normalized spacial score (nSPS) is 14.5. The zero-order valence-corrected chi connectivity index (χ0v) is 20.9. The molecule has 0 spiro atoms. The summed E-state index contributed by atoms with van der Waals surface area (Å²) in [6, 6.07) is 18.2. The van der Waals surface area contributed by atoms with Crippen molar-refractivity contribution in [2.45, 2.75) is 20.1 Å². The van der Waals surface area contributed by atoms with Crippen LogP contribution in [0.15, 0.2) is 70.8 Å². The first-order valence-corrected chi connectivity index (χ1v) is 11.7. The molecular weight excluding hydrogens is 520 g/mol. The number of amides is 3. The highest BCUT2D eigenvalue weighted by Crippen LogP contribution is 2.35. The SMILES string of the molecule is COc1cc(/C=C2/NC(=O)N(Cc3cccc(C)c3)C2=O)c(Br)cc1OCc1ccccc1Cl. The zero-order valence-electron chi connectivity index (χ0n) is 18.6. The van der Waals surface area contributed by atoms with Gasteiger partial charge >= 0.3 is 6.03 Å². The molecule has 3 aromatic rings. The summed E-state index contributed by atoms with van der Waals surface area (Å²) >= 11 is 9.74. The number of carbonyl (C=O) groups is 2. The average molecular weight is 542 g/mol. The van der Waals surface area contributed by atoms with Crippen LogP contribution in [0, 0.1) is 6.92 Å². The fourth-order valence-electron chi connectivity index (χ4n) is 3.57. The lowest BCUT2D eigenvalue weighted by Gasteiger charge is -2.14. The van der Waals surface area contributed by atoms with Gasteiger partial charge in [-0.1, -0.05) is 75.6 Å². The molecule has 6 nitrogen and oxygen atoms in total. The number of imide groups is 1. The first-order valence-electron chi connectivity index (χ1n) is 10.5. The average Bonchev–Trinajstić information content (AvgIpc) is 3.07. The maximum absolute atomic E-state index is 12.9. The molecule has 4 rings (SSSR count). The Hall–Kier alpha value is -3.29. The van der Waals surface area contributed by atoms with Gasteiger partial charge in [0.25, 0.3) is 5.91 Å². The molecule has 34 heavy (non-hydrogen) atoms. The van der Waals surface area contributed by atoms with Crippen LogP contribution in [0.5, 0.6) is 11.5 Å². The summed E-state index contributed by atoms with van der Waals surface area (Å²) in [6.45, 7) is 2.43. The van der Waals surface area contributed by atoms with Crippen LogP contribution in [0.25, 0.3) is 6.08 Å². The summed E-state index contributed by atoms with van der Waals surface area (Å²) in [4.78, 5) is 26.6. The zero-order chi connectivity index (χ0) is 24.2. The third-order valence-corrected chi connectivity index (χ3v) is 6.36. The summed E-state index contributed by atoms with van der Waals surface area (Å²) in [5.41, 5.74) is 3.63. The molecule has 3 amide bonds. The number of nitrogens with zero attached hydrogens (tertiary/aromatic N) is 1.